The predicted octanol–water partition coefficient (Wildman–Crippen LogP) is 5.69. The van der Waals surface area contributed by atoms with E-state index < -0.39 is 47.9 Å². The van der Waals surface area contributed by atoms with Gasteiger partial charge in [0.1, 0.15) is 22.0 Å². The van der Waals surface area contributed by atoms with Gasteiger partial charge in [0.2, 0.25) is 0 Å². The Bertz CT molecular complexity index is 2630. The minimum atomic E-state index is -5.02. The van der Waals surface area contributed by atoms with Crippen molar-refractivity contribution in [1.29, 1.82) is 0 Å². The second kappa shape index (κ2) is 19.9. The first kappa shape index (κ1) is 44.6. The topological polar surface area (TPSA) is 368 Å². The van der Waals surface area contributed by atoms with Gasteiger partial charge in [-0.25, -0.2) is 28.3 Å². The van der Waals surface area contributed by atoms with Gasteiger partial charge < -0.3 is 21.9 Å². The highest BCUT2D eigenvalue weighted by Gasteiger charge is 2.24. The summed E-state index contributed by atoms with van der Waals surface area (Å²) in [6, 6.07) is 12.9. The van der Waals surface area contributed by atoms with Crippen molar-refractivity contribution in [3.63, 3.8) is 0 Å². The highest BCUT2D eigenvalue weighted by molar-refractivity contribution is 7.94. The van der Waals surface area contributed by atoms with Gasteiger partial charge in [0.15, 0.2) is 22.2 Å². The Morgan fingerprint density at radius 1 is 0.898 bits per heavy atom. The van der Waals surface area contributed by atoms with Crippen LogP contribution in [0.25, 0.3) is 5.95 Å². The summed E-state index contributed by atoms with van der Waals surface area (Å²) in [6.45, 7) is -0.318. The summed E-state index contributed by atoms with van der Waals surface area (Å²) in [7, 11) is -8.85. The number of carboxylic acid groups (broad SMARTS) is 1. The summed E-state index contributed by atoms with van der Waals surface area (Å²) in [6.07, 6.45) is 2.74. The molecule has 0 unspecified atom stereocenters. The molecule has 0 atom stereocenters. The number of pyridine rings is 1. The minimum Gasteiger partial charge on any atom is -0.478 e. The summed E-state index contributed by atoms with van der Waals surface area (Å²) in [5, 5.41) is 51.9. The predicted molar refractivity (Wildman–Crippen MR) is 204 cm³/mol. The second-order valence-electron chi connectivity index (χ2n) is 10.9. The molecule has 2 heterocycles. The van der Waals surface area contributed by atoms with Gasteiger partial charge in [0.05, 0.1) is 69.2 Å². The maximum absolute atomic E-state index is 12.6. The number of azo groups is 2. The van der Waals surface area contributed by atoms with Crippen molar-refractivity contribution in [3.8, 4) is 5.95 Å². The quantitative estimate of drug-likeness (QED) is 0.00764. The third-order valence-electron chi connectivity index (χ3n) is 7.11. The number of sulfone groups is 1. The number of anilines is 4. The van der Waals surface area contributed by atoms with Crippen LogP contribution in [0, 0.1) is 0 Å². The zero-order valence-electron chi connectivity index (χ0n) is 29.0. The van der Waals surface area contributed by atoms with Crippen molar-refractivity contribution in [1.82, 2.24) is 15.0 Å². The minimum absolute atomic E-state index is 0.0430. The smallest absolute Gasteiger partial charge is 0.444 e. The molecule has 0 amide bonds. The Hall–Kier alpha value is -5.54. The molecule has 0 aliphatic heterocycles. The Labute approximate surface area is 344 Å². The summed E-state index contributed by atoms with van der Waals surface area (Å²) in [5.74, 6) is -1.79. The number of nitrogens with two attached hydrogens (primary N) is 2. The Morgan fingerprint density at radius 2 is 1.63 bits per heavy atom. The van der Waals surface area contributed by atoms with Gasteiger partial charge in [-0.1, -0.05) is 10.1 Å². The maximum atomic E-state index is 12.6. The van der Waals surface area contributed by atoms with Gasteiger partial charge in [0.25, 0.3) is 10.1 Å². The van der Waals surface area contributed by atoms with Gasteiger partial charge in [-0.05, 0) is 82.2 Å². The molecule has 0 spiro atoms. The first-order chi connectivity index (χ1) is 28.1. The van der Waals surface area contributed by atoms with Crippen LogP contribution < -0.4 is 21.4 Å². The van der Waals surface area contributed by atoms with E-state index in [1.54, 1.807) is 0 Å². The molecule has 59 heavy (non-hydrogen) atoms. The van der Waals surface area contributed by atoms with Crippen LogP contribution in [0.4, 0.5) is 45.8 Å². The van der Waals surface area contributed by atoms with Crippen LogP contribution in [0.3, 0.4) is 0 Å². The van der Waals surface area contributed by atoms with Gasteiger partial charge in [-0.3, -0.25) is 8.74 Å². The van der Waals surface area contributed by atoms with Crippen molar-refractivity contribution in [2.75, 3.05) is 29.1 Å². The van der Waals surface area contributed by atoms with Crippen LogP contribution in [-0.2, 0) is 42.9 Å². The van der Waals surface area contributed by atoms with Gasteiger partial charge >= 0.3 is 23.1 Å². The van der Waals surface area contributed by atoms with Crippen LogP contribution >= 0.6 is 36.0 Å². The second-order valence-corrected chi connectivity index (χ2v) is 15.9. The number of aromatic nitrogens is 4. The SMILES string of the molecule is Nc1c(N=Nc2ccc(S(=O)(=O)CCOSOOO)cc2)cc(S(=O)(=O)O)c(N)c1N=Nc1cc(Nc2nc(Cl)nc(-[n+]3cccc(C(=O)O)c3)n2)ccc1SOOO. The van der Waals surface area contributed by atoms with Gasteiger partial charge in [-0.15, -0.1) is 24.0 Å². The number of nitrogens with zero attached hydrogens (tertiary/aromatic N) is 8. The normalized spacial score (nSPS) is 12.1. The van der Waals surface area contributed by atoms with E-state index >= 15 is 0 Å². The first-order valence-corrected chi connectivity index (χ1v) is 20.3. The Morgan fingerprint density at radius 3 is 2.32 bits per heavy atom. The first-order valence-electron chi connectivity index (χ1n) is 15.4. The summed E-state index contributed by atoms with van der Waals surface area (Å²) < 4.78 is 74.4. The van der Waals surface area contributed by atoms with Crippen LogP contribution in [0.2, 0.25) is 5.28 Å². The lowest BCUT2D eigenvalue weighted by atomic mass is 10.2. The zero-order valence-corrected chi connectivity index (χ0v) is 33.0. The number of nitrogen functional groups attached to an aromatic ring is 2. The molecule has 9 N–H and O–H groups in total. The number of aromatic carboxylic acids is 1. The summed E-state index contributed by atoms with van der Waals surface area (Å²) in [5.41, 5.74) is 10.8. The average Bonchev–Trinajstić information content (AvgIpc) is 3.19. The fourth-order valence-corrected chi connectivity index (χ4v) is 7.11. The molecule has 0 saturated heterocycles. The molecule has 0 aliphatic carbocycles. The molecule has 310 valence electrons. The third kappa shape index (κ3) is 12.0. The lowest BCUT2D eigenvalue weighted by Crippen LogP contribution is -2.34. The molecular formula is C29H25ClN11O14S4+. The molecule has 0 saturated carbocycles. The molecule has 0 radical (unpaired) electrons. The van der Waals surface area contributed by atoms with Crippen molar-refractivity contribution >= 4 is 108 Å². The Kier molecular flexibility index (Phi) is 15.1. The standard InChI is InChI=1S/C29H24ClN11O14S4/c30-27-34-28(36-29(35-27)41-9-1-2-15(14-41)26(42)43)33-17-5-8-21(56-54-52-44)19(12-17)38-40-25-23(31)20(13-22(24(25)32)59(48,49)50)39-37-16-3-6-18(7-4-16)58(46,47)11-10-51-57-55-53-45/h1-9,12-14H,10-11,31-32H2,(H4-,33,34,35,36,42,43,44,45,48,49,50)/p+1. The van der Waals surface area contributed by atoms with Crippen molar-refractivity contribution in [2.24, 2.45) is 20.5 Å². The highest BCUT2D eigenvalue weighted by Crippen LogP contribution is 2.44. The van der Waals surface area contributed by atoms with E-state index in [2.05, 4.69) is 59.5 Å². The van der Waals surface area contributed by atoms with E-state index in [1.165, 1.54) is 71.6 Å². The van der Waals surface area contributed by atoms with Crippen LogP contribution in [0.15, 0.2) is 108 Å². The van der Waals surface area contributed by atoms with Crippen molar-refractivity contribution < 1.29 is 69.3 Å². The average molecular weight is 915 g/mol. The number of carbonyl (C=O) groups is 1. The monoisotopic (exact) mass is 914 g/mol. The van der Waals surface area contributed by atoms with Crippen molar-refractivity contribution in [2.45, 2.75) is 14.7 Å². The lowest BCUT2D eigenvalue weighted by molar-refractivity contribution is -0.603. The van der Waals surface area contributed by atoms with Gasteiger partial charge in [-0.2, -0.15) is 18.5 Å². The molecule has 0 aliphatic rings. The van der Waals surface area contributed by atoms with E-state index in [9.17, 15) is 31.3 Å². The number of benzene rings is 3. The number of rotatable bonds is 19. The molecule has 0 fully saturated rings. The third-order valence-corrected chi connectivity index (χ3v) is 10.9. The van der Waals surface area contributed by atoms with Crippen LogP contribution in [0.5, 0.6) is 0 Å². The van der Waals surface area contributed by atoms with E-state index in [-0.39, 0.29) is 79.9 Å². The number of nitrogens with one attached hydrogen (secondary N) is 1. The molecule has 0 bridgehead atoms. The van der Waals surface area contributed by atoms with Crippen LogP contribution in [0.1, 0.15) is 10.4 Å². The number of hydrogen-bond acceptors (Lipinski definition) is 24. The lowest BCUT2D eigenvalue weighted by Gasteiger charge is -2.11. The van der Waals surface area contributed by atoms with Crippen molar-refractivity contribution in [3.05, 3.63) is 83.9 Å². The number of halogens is 1. The number of hydrogen-bond donors (Lipinski definition) is 7. The largest absolute Gasteiger partial charge is 0.478 e. The molecule has 5 aromatic rings. The molecule has 5 rings (SSSR count). The number of carboxylic acids is 1. The maximum Gasteiger partial charge on any atom is 0.444 e. The summed E-state index contributed by atoms with van der Waals surface area (Å²) >= 11 is 6.83. The fourth-order valence-electron chi connectivity index (χ4n) is 4.49. The molecule has 2 aromatic heterocycles. The molecule has 25 nitrogen and oxygen atoms in total. The highest BCUT2D eigenvalue weighted by atomic mass is 35.5. The molecule has 3 aromatic carbocycles. The van der Waals surface area contributed by atoms with Gasteiger partial charge in [0, 0.05) is 5.69 Å². The van der Waals surface area contributed by atoms with E-state index in [4.69, 9.17) is 37.8 Å². The zero-order chi connectivity index (χ0) is 42.7. The fraction of sp³-hybridized carbons (Fsp3) is 0.0690. The van der Waals surface area contributed by atoms with Crippen LogP contribution in [-0.4, -0.2) is 70.3 Å². The van der Waals surface area contributed by atoms with E-state index in [0.29, 0.717) is 12.0 Å². The Balaban J connectivity index is 1.46. The molecular weight excluding hydrogens is 890 g/mol. The van der Waals surface area contributed by atoms with E-state index in [0.717, 1.165) is 6.07 Å². The summed E-state index contributed by atoms with van der Waals surface area (Å²) in [4.78, 5) is 23.0. The van der Waals surface area contributed by atoms with E-state index in [1.807, 2.05) is 0 Å². The molecule has 30 heteroatoms.